The summed E-state index contributed by atoms with van der Waals surface area (Å²) >= 11 is 3.04. The number of rotatable bonds is 5. The van der Waals surface area contributed by atoms with Gasteiger partial charge >= 0.3 is 11.7 Å². The molecule has 1 rings (SSSR count). The van der Waals surface area contributed by atoms with Crippen LogP contribution in [-0.4, -0.2) is 38.3 Å². The number of nitro benzene ring substituents is 1. The van der Waals surface area contributed by atoms with Crippen molar-refractivity contribution in [1.29, 1.82) is 0 Å². The average molecular weight is 396 g/mol. The third-order valence-electron chi connectivity index (χ3n) is 2.66. The van der Waals surface area contributed by atoms with Crippen molar-refractivity contribution >= 4 is 37.4 Å². The first-order valence-electron chi connectivity index (χ1n) is 5.85. The minimum absolute atomic E-state index is 0.0408. The minimum Gasteiger partial charge on any atom is -0.468 e. The van der Waals surface area contributed by atoms with Crippen molar-refractivity contribution in [1.82, 2.24) is 0 Å². The number of sulfone groups is 1. The maximum Gasteiger partial charge on any atom is 0.349 e. The molecule has 22 heavy (non-hydrogen) atoms. The highest BCUT2D eigenvalue weighted by Crippen LogP contribution is 2.39. The minimum atomic E-state index is -3.64. The van der Waals surface area contributed by atoms with Gasteiger partial charge in [0.25, 0.3) is 0 Å². The van der Waals surface area contributed by atoms with E-state index in [0.29, 0.717) is 0 Å². The molecule has 0 aromatic heterocycles. The van der Waals surface area contributed by atoms with Crippen LogP contribution >= 0.6 is 15.9 Å². The van der Waals surface area contributed by atoms with Crippen molar-refractivity contribution in [2.75, 3.05) is 13.4 Å². The fourth-order valence-electron chi connectivity index (χ4n) is 1.55. The summed E-state index contributed by atoms with van der Waals surface area (Å²) in [6.07, 6.45) is 0.928. The second-order valence-corrected chi connectivity index (χ2v) is 7.76. The molecule has 0 atom stereocenters. The van der Waals surface area contributed by atoms with Crippen LogP contribution in [0.25, 0.3) is 0 Å². The highest BCUT2D eigenvalue weighted by molar-refractivity contribution is 9.10. The summed E-state index contributed by atoms with van der Waals surface area (Å²) in [7, 11) is -2.49. The van der Waals surface area contributed by atoms with Crippen LogP contribution in [0.4, 0.5) is 5.69 Å². The van der Waals surface area contributed by atoms with E-state index in [2.05, 4.69) is 20.7 Å². The molecule has 0 aliphatic rings. The number of hydrogen-bond acceptors (Lipinski definition) is 7. The third-order valence-corrected chi connectivity index (χ3v) is 4.34. The Morgan fingerprint density at radius 2 is 1.91 bits per heavy atom. The van der Waals surface area contributed by atoms with Crippen LogP contribution in [0.1, 0.15) is 13.8 Å². The maximum absolute atomic E-state index is 11.6. The Hall–Kier alpha value is -1.68. The molecule has 0 aliphatic heterocycles. The standard InChI is InChI=1S/C12H14BrNO7S/c1-12(2,11(15)20-3)21-10-8(13)5-7(22(4,18)19)6-9(10)14(16)17/h5-6H,1-4H3. The molecule has 0 heterocycles. The van der Waals surface area contributed by atoms with E-state index in [4.69, 9.17) is 4.74 Å². The highest BCUT2D eigenvalue weighted by atomic mass is 79.9. The number of methoxy groups -OCH3 is 1. The lowest BCUT2D eigenvalue weighted by Crippen LogP contribution is -2.39. The molecule has 0 saturated heterocycles. The number of esters is 1. The van der Waals surface area contributed by atoms with Crippen LogP contribution in [0.5, 0.6) is 5.75 Å². The normalized spacial score (nSPS) is 11.9. The lowest BCUT2D eigenvalue weighted by Gasteiger charge is -2.24. The SMILES string of the molecule is COC(=O)C(C)(C)Oc1c(Br)cc(S(C)(=O)=O)cc1[N+](=O)[O-]. The predicted octanol–water partition coefficient (Wildman–Crippen LogP) is 2.09. The Morgan fingerprint density at radius 3 is 2.32 bits per heavy atom. The van der Waals surface area contributed by atoms with Crippen LogP contribution in [0, 0.1) is 10.1 Å². The van der Waals surface area contributed by atoms with Gasteiger partial charge in [-0.1, -0.05) is 0 Å². The number of halogens is 1. The van der Waals surface area contributed by atoms with Gasteiger partial charge in [-0.3, -0.25) is 10.1 Å². The van der Waals surface area contributed by atoms with E-state index >= 15 is 0 Å². The zero-order chi connectivity index (χ0) is 17.3. The Morgan fingerprint density at radius 1 is 1.36 bits per heavy atom. The van der Waals surface area contributed by atoms with Gasteiger partial charge < -0.3 is 9.47 Å². The first-order valence-corrected chi connectivity index (χ1v) is 8.54. The largest absolute Gasteiger partial charge is 0.468 e. The van der Waals surface area contributed by atoms with Crippen LogP contribution in [0.2, 0.25) is 0 Å². The molecular formula is C12H14BrNO7S. The molecule has 122 valence electrons. The Kier molecular flexibility index (Phi) is 5.18. The van der Waals surface area contributed by atoms with Crippen LogP contribution in [0.3, 0.4) is 0 Å². The quantitative estimate of drug-likeness (QED) is 0.425. The molecule has 0 unspecified atom stereocenters. The molecule has 1 aromatic carbocycles. The van der Waals surface area contributed by atoms with E-state index in [0.717, 1.165) is 19.4 Å². The molecule has 0 spiro atoms. The Balaban J connectivity index is 3.49. The molecule has 0 saturated carbocycles. The predicted molar refractivity (Wildman–Crippen MR) is 80.6 cm³/mol. The van der Waals surface area contributed by atoms with Crippen LogP contribution < -0.4 is 4.74 Å². The summed E-state index contributed by atoms with van der Waals surface area (Å²) in [4.78, 5) is 21.8. The molecule has 0 amide bonds. The second-order valence-electron chi connectivity index (χ2n) is 4.89. The van der Waals surface area contributed by atoms with Gasteiger partial charge in [0.2, 0.25) is 11.4 Å². The summed E-state index contributed by atoms with van der Waals surface area (Å²) in [5.41, 5.74) is -2.07. The van der Waals surface area contributed by atoms with E-state index in [1.807, 2.05) is 0 Å². The second kappa shape index (κ2) is 6.21. The van der Waals surface area contributed by atoms with Crippen LogP contribution in [0.15, 0.2) is 21.5 Å². The van der Waals surface area contributed by atoms with Crippen molar-refractivity contribution < 1.29 is 27.6 Å². The summed E-state index contributed by atoms with van der Waals surface area (Å²) < 4.78 is 33.1. The van der Waals surface area contributed by atoms with Crippen molar-refractivity contribution in [3.8, 4) is 5.75 Å². The summed E-state index contributed by atoms with van der Waals surface area (Å²) in [5.74, 6) is -0.992. The fourth-order valence-corrected chi connectivity index (χ4v) is 2.89. The number of nitrogens with zero attached hydrogens (tertiary/aromatic N) is 1. The number of ether oxygens (including phenoxy) is 2. The van der Waals surface area contributed by atoms with E-state index in [1.165, 1.54) is 19.9 Å². The van der Waals surface area contributed by atoms with Gasteiger partial charge in [0.05, 0.1) is 21.4 Å². The van der Waals surface area contributed by atoms with Gasteiger partial charge in [-0.25, -0.2) is 13.2 Å². The van der Waals surface area contributed by atoms with Crippen LogP contribution in [-0.2, 0) is 19.4 Å². The van der Waals surface area contributed by atoms with E-state index < -0.39 is 32.0 Å². The fraction of sp³-hybridized carbons (Fsp3) is 0.417. The number of carbonyl (C=O) groups excluding carboxylic acids is 1. The van der Waals surface area contributed by atoms with E-state index in [9.17, 15) is 23.3 Å². The van der Waals surface area contributed by atoms with Crippen molar-refractivity contribution in [2.24, 2.45) is 0 Å². The molecule has 0 N–H and O–H groups in total. The van der Waals surface area contributed by atoms with E-state index in [-0.39, 0.29) is 15.1 Å². The molecule has 0 radical (unpaired) electrons. The number of nitro groups is 1. The van der Waals surface area contributed by atoms with Crippen molar-refractivity contribution in [3.05, 3.63) is 26.7 Å². The first kappa shape index (κ1) is 18.4. The van der Waals surface area contributed by atoms with Gasteiger partial charge in [0, 0.05) is 12.3 Å². The highest BCUT2D eigenvalue weighted by Gasteiger charge is 2.35. The summed E-state index contributed by atoms with van der Waals surface area (Å²) in [6, 6.07) is 2.05. The number of carbonyl (C=O) groups is 1. The Labute approximate surface area is 135 Å². The zero-order valence-electron chi connectivity index (χ0n) is 12.2. The van der Waals surface area contributed by atoms with Gasteiger partial charge in [0.1, 0.15) is 0 Å². The van der Waals surface area contributed by atoms with Gasteiger partial charge in [0.15, 0.2) is 9.84 Å². The molecule has 1 aromatic rings. The lowest BCUT2D eigenvalue weighted by molar-refractivity contribution is -0.386. The topological polar surface area (TPSA) is 113 Å². The average Bonchev–Trinajstić information content (AvgIpc) is 2.37. The summed E-state index contributed by atoms with van der Waals surface area (Å²) in [5, 5.41) is 11.2. The molecular weight excluding hydrogens is 382 g/mol. The molecule has 8 nitrogen and oxygen atoms in total. The van der Waals surface area contributed by atoms with Crippen molar-refractivity contribution in [3.63, 3.8) is 0 Å². The number of benzene rings is 1. The molecule has 0 bridgehead atoms. The maximum atomic E-state index is 11.6. The van der Waals surface area contributed by atoms with E-state index in [1.54, 1.807) is 0 Å². The van der Waals surface area contributed by atoms with Crippen molar-refractivity contribution in [2.45, 2.75) is 24.3 Å². The smallest absolute Gasteiger partial charge is 0.349 e. The monoisotopic (exact) mass is 395 g/mol. The van der Waals surface area contributed by atoms with Gasteiger partial charge in [-0.15, -0.1) is 0 Å². The molecule has 0 aliphatic carbocycles. The molecule has 0 fully saturated rings. The van der Waals surface area contributed by atoms with Gasteiger partial charge in [-0.05, 0) is 35.8 Å². The third kappa shape index (κ3) is 3.95. The Bertz CT molecular complexity index is 727. The zero-order valence-corrected chi connectivity index (χ0v) is 14.6. The summed E-state index contributed by atoms with van der Waals surface area (Å²) in [6.45, 7) is 2.75. The molecule has 10 heteroatoms. The first-order chi connectivity index (χ1) is 9.90. The van der Waals surface area contributed by atoms with Gasteiger partial charge in [-0.2, -0.15) is 0 Å². The number of hydrogen-bond donors (Lipinski definition) is 0. The lowest BCUT2D eigenvalue weighted by atomic mass is 10.1.